The average Bonchev–Trinajstić information content (AvgIpc) is 2.48. The third-order valence-corrected chi connectivity index (χ3v) is 3.14. The maximum absolute atomic E-state index is 12.3. The number of aliphatic hydroxyl groups excluding tert-OH is 2. The standard InChI is InChI=1S/C16H20ClNO3/c1-2-8-18(9-11-20)16(21)14-7-6-13(15(17)12-14)5-3-4-10-19/h6-7,12,19-20H,2,4,8-11H2,1H3. The first-order chi connectivity index (χ1) is 10.1. The van der Waals surface area contributed by atoms with Gasteiger partial charge in [-0.2, -0.15) is 0 Å². The van der Waals surface area contributed by atoms with E-state index in [9.17, 15) is 4.79 Å². The molecule has 5 heteroatoms. The van der Waals surface area contributed by atoms with Gasteiger partial charge in [0.2, 0.25) is 0 Å². The van der Waals surface area contributed by atoms with Crippen molar-refractivity contribution in [1.29, 1.82) is 0 Å². The van der Waals surface area contributed by atoms with E-state index in [-0.39, 0.29) is 19.1 Å². The van der Waals surface area contributed by atoms with E-state index in [2.05, 4.69) is 11.8 Å². The van der Waals surface area contributed by atoms with Crippen molar-refractivity contribution in [2.75, 3.05) is 26.3 Å². The van der Waals surface area contributed by atoms with Gasteiger partial charge in [-0.3, -0.25) is 4.79 Å². The molecule has 4 nitrogen and oxygen atoms in total. The van der Waals surface area contributed by atoms with Crippen molar-refractivity contribution in [3.05, 3.63) is 34.3 Å². The highest BCUT2D eigenvalue weighted by molar-refractivity contribution is 6.32. The SMILES string of the molecule is CCCN(CCO)C(=O)c1ccc(C#CCCO)c(Cl)c1. The highest BCUT2D eigenvalue weighted by Gasteiger charge is 2.15. The summed E-state index contributed by atoms with van der Waals surface area (Å²) in [6.07, 6.45) is 1.21. The predicted octanol–water partition coefficient (Wildman–Crippen LogP) is 1.92. The van der Waals surface area contributed by atoms with Gasteiger partial charge in [-0.05, 0) is 24.6 Å². The van der Waals surface area contributed by atoms with Gasteiger partial charge in [-0.25, -0.2) is 0 Å². The molecule has 1 rings (SSSR count). The zero-order chi connectivity index (χ0) is 15.7. The van der Waals surface area contributed by atoms with E-state index in [1.165, 1.54) is 0 Å². The molecule has 0 radical (unpaired) electrons. The van der Waals surface area contributed by atoms with Gasteiger partial charge >= 0.3 is 0 Å². The Morgan fingerprint density at radius 3 is 2.62 bits per heavy atom. The summed E-state index contributed by atoms with van der Waals surface area (Å²) in [7, 11) is 0. The zero-order valence-electron chi connectivity index (χ0n) is 12.1. The van der Waals surface area contributed by atoms with Crippen molar-refractivity contribution in [3.8, 4) is 11.8 Å². The Balaban J connectivity index is 2.91. The minimum absolute atomic E-state index is 0.00826. The van der Waals surface area contributed by atoms with Gasteiger partial charge in [0.15, 0.2) is 0 Å². The number of amides is 1. The first-order valence-electron chi connectivity index (χ1n) is 6.93. The van der Waals surface area contributed by atoms with E-state index in [4.69, 9.17) is 21.8 Å². The second-order valence-electron chi connectivity index (χ2n) is 4.49. The summed E-state index contributed by atoms with van der Waals surface area (Å²) in [5, 5.41) is 18.1. The fourth-order valence-electron chi connectivity index (χ4n) is 1.85. The van der Waals surface area contributed by atoms with Crippen LogP contribution in [0.15, 0.2) is 18.2 Å². The van der Waals surface area contributed by atoms with Crippen LogP contribution in [0.1, 0.15) is 35.7 Å². The number of hydrogen-bond acceptors (Lipinski definition) is 3. The second-order valence-corrected chi connectivity index (χ2v) is 4.89. The quantitative estimate of drug-likeness (QED) is 0.789. The lowest BCUT2D eigenvalue weighted by Gasteiger charge is -2.21. The Morgan fingerprint density at radius 2 is 2.05 bits per heavy atom. The molecule has 1 amide bonds. The molecule has 0 aliphatic carbocycles. The Hall–Kier alpha value is -1.54. The summed E-state index contributed by atoms with van der Waals surface area (Å²) in [5.74, 6) is 5.49. The van der Waals surface area contributed by atoms with Crippen LogP contribution in [0.2, 0.25) is 5.02 Å². The summed E-state index contributed by atoms with van der Waals surface area (Å²) in [4.78, 5) is 13.9. The van der Waals surface area contributed by atoms with Crippen LogP contribution < -0.4 is 0 Å². The summed E-state index contributed by atoms with van der Waals surface area (Å²) in [6.45, 7) is 2.82. The van der Waals surface area contributed by atoms with Gasteiger partial charge < -0.3 is 15.1 Å². The van der Waals surface area contributed by atoms with Crippen molar-refractivity contribution in [2.45, 2.75) is 19.8 Å². The minimum Gasteiger partial charge on any atom is -0.395 e. The molecule has 0 aliphatic heterocycles. The van der Waals surface area contributed by atoms with Gasteiger partial charge in [-0.1, -0.05) is 30.4 Å². The average molecular weight is 310 g/mol. The maximum Gasteiger partial charge on any atom is 0.253 e. The lowest BCUT2D eigenvalue weighted by Crippen LogP contribution is -2.34. The molecular weight excluding hydrogens is 290 g/mol. The molecule has 0 aliphatic rings. The van der Waals surface area contributed by atoms with E-state index in [1.54, 1.807) is 23.1 Å². The number of aliphatic hydroxyl groups is 2. The highest BCUT2D eigenvalue weighted by atomic mass is 35.5. The summed E-state index contributed by atoms with van der Waals surface area (Å²) < 4.78 is 0. The highest BCUT2D eigenvalue weighted by Crippen LogP contribution is 2.18. The molecule has 0 atom stereocenters. The van der Waals surface area contributed by atoms with Crippen molar-refractivity contribution >= 4 is 17.5 Å². The summed E-state index contributed by atoms with van der Waals surface area (Å²) >= 11 is 6.13. The molecule has 114 valence electrons. The van der Waals surface area contributed by atoms with Crippen LogP contribution in [0.4, 0.5) is 0 Å². The van der Waals surface area contributed by atoms with Crippen LogP contribution in [-0.4, -0.2) is 47.3 Å². The van der Waals surface area contributed by atoms with Crippen LogP contribution in [0.5, 0.6) is 0 Å². The molecule has 0 spiro atoms. The van der Waals surface area contributed by atoms with Crippen molar-refractivity contribution in [3.63, 3.8) is 0 Å². The van der Waals surface area contributed by atoms with Crippen molar-refractivity contribution < 1.29 is 15.0 Å². The fourth-order valence-corrected chi connectivity index (χ4v) is 2.08. The monoisotopic (exact) mass is 309 g/mol. The van der Waals surface area contributed by atoms with E-state index >= 15 is 0 Å². The number of halogens is 1. The number of carbonyl (C=O) groups is 1. The van der Waals surface area contributed by atoms with Crippen LogP contribution >= 0.6 is 11.6 Å². The normalized spacial score (nSPS) is 9.90. The largest absolute Gasteiger partial charge is 0.395 e. The molecule has 0 bridgehead atoms. The molecule has 0 heterocycles. The molecule has 0 unspecified atom stereocenters. The van der Waals surface area contributed by atoms with Crippen molar-refractivity contribution in [1.82, 2.24) is 4.90 Å². The van der Waals surface area contributed by atoms with Crippen LogP contribution in [0.25, 0.3) is 0 Å². The van der Waals surface area contributed by atoms with Crippen molar-refractivity contribution in [2.24, 2.45) is 0 Å². The molecule has 1 aromatic rings. The second kappa shape index (κ2) is 9.41. The number of rotatable bonds is 6. The molecule has 1 aromatic carbocycles. The number of carbonyl (C=O) groups excluding carboxylic acids is 1. The Morgan fingerprint density at radius 1 is 1.29 bits per heavy atom. The predicted molar refractivity (Wildman–Crippen MR) is 83.3 cm³/mol. The van der Waals surface area contributed by atoms with E-state index in [1.807, 2.05) is 6.92 Å². The molecule has 0 saturated carbocycles. The Kier molecular flexibility index (Phi) is 7.84. The van der Waals surface area contributed by atoms with Gasteiger partial charge in [0, 0.05) is 30.6 Å². The van der Waals surface area contributed by atoms with Crippen LogP contribution in [0, 0.1) is 11.8 Å². The molecule has 2 N–H and O–H groups in total. The number of hydrogen-bond donors (Lipinski definition) is 2. The zero-order valence-corrected chi connectivity index (χ0v) is 12.9. The van der Waals surface area contributed by atoms with E-state index in [0.717, 1.165) is 6.42 Å². The maximum atomic E-state index is 12.3. The number of benzene rings is 1. The minimum atomic E-state index is -0.150. The topological polar surface area (TPSA) is 60.8 Å². The Bertz CT molecular complexity index is 528. The van der Waals surface area contributed by atoms with Gasteiger partial charge in [0.1, 0.15) is 0 Å². The number of nitrogens with zero attached hydrogens (tertiary/aromatic N) is 1. The van der Waals surface area contributed by atoms with Gasteiger partial charge in [-0.15, -0.1) is 0 Å². The van der Waals surface area contributed by atoms with Gasteiger partial charge in [0.25, 0.3) is 5.91 Å². The van der Waals surface area contributed by atoms with E-state index in [0.29, 0.717) is 35.7 Å². The lowest BCUT2D eigenvalue weighted by molar-refractivity contribution is 0.0722. The molecule has 0 aromatic heterocycles. The first-order valence-corrected chi connectivity index (χ1v) is 7.31. The first kappa shape index (κ1) is 17.5. The molecule has 21 heavy (non-hydrogen) atoms. The smallest absolute Gasteiger partial charge is 0.253 e. The summed E-state index contributed by atoms with van der Waals surface area (Å²) in [6, 6.07) is 4.97. The lowest BCUT2D eigenvalue weighted by atomic mass is 10.1. The van der Waals surface area contributed by atoms with E-state index < -0.39 is 0 Å². The summed E-state index contributed by atoms with van der Waals surface area (Å²) in [5.41, 5.74) is 1.11. The van der Waals surface area contributed by atoms with Crippen LogP contribution in [0.3, 0.4) is 0 Å². The van der Waals surface area contributed by atoms with Gasteiger partial charge in [0.05, 0.1) is 18.2 Å². The third kappa shape index (κ3) is 5.39. The van der Waals surface area contributed by atoms with Crippen LogP contribution in [-0.2, 0) is 0 Å². The fraction of sp³-hybridized carbons (Fsp3) is 0.438. The third-order valence-electron chi connectivity index (χ3n) is 2.83. The Labute approximate surface area is 130 Å². The molecule has 0 fully saturated rings. The molecule has 0 saturated heterocycles. The molecular formula is C16H20ClNO3.